The van der Waals surface area contributed by atoms with Gasteiger partial charge in [-0.1, -0.05) is 0 Å². The average molecular weight is 390 g/mol. The van der Waals surface area contributed by atoms with E-state index in [9.17, 15) is 18.0 Å². The molecule has 0 aliphatic carbocycles. The standard InChI is InChI=1S/C15H22N2O8S/c1-23-5-4-6-26(21,22)16-9-13(18)17-11-7-10(15(19)20)8-12(24-2)14(11)25-3/h7-8,16H,4-6,9H2,1-3H3,(H,17,18)(H,19,20). The highest BCUT2D eigenvalue weighted by atomic mass is 32.2. The van der Waals surface area contributed by atoms with Crippen molar-refractivity contribution in [3.63, 3.8) is 0 Å². The van der Waals surface area contributed by atoms with E-state index in [0.717, 1.165) is 0 Å². The van der Waals surface area contributed by atoms with E-state index in [1.165, 1.54) is 33.5 Å². The van der Waals surface area contributed by atoms with Crippen LogP contribution >= 0.6 is 0 Å². The lowest BCUT2D eigenvalue weighted by molar-refractivity contribution is -0.115. The van der Waals surface area contributed by atoms with Crippen molar-refractivity contribution in [2.45, 2.75) is 6.42 Å². The lowest BCUT2D eigenvalue weighted by Gasteiger charge is -2.15. The first-order chi connectivity index (χ1) is 12.2. The molecule has 0 aliphatic heterocycles. The predicted octanol–water partition coefficient (Wildman–Crippen LogP) is 0.296. The van der Waals surface area contributed by atoms with Crippen LogP contribution in [-0.4, -0.2) is 65.6 Å². The molecule has 0 heterocycles. The number of nitrogens with one attached hydrogen (secondary N) is 2. The summed E-state index contributed by atoms with van der Waals surface area (Å²) in [7, 11) is 0.475. The fourth-order valence-corrected chi connectivity index (χ4v) is 3.01. The summed E-state index contributed by atoms with van der Waals surface area (Å²) < 4.78 is 40.6. The van der Waals surface area contributed by atoms with Gasteiger partial charge in [-0.2, -0.15) is 0 Å². The highest BCUT2D eigenvalue weighted by Gasteiger charge is 2.18. The molecule has 0 radical (unpaired) electrons. The number of rotatable bonds is 11. The number of hydrogen-bond acceptors (Lipinski definition) is 7. The molecule has 10 nitrogen and oxygen atoms in total. The number of ether oxygens (including phenoxy) is 3. The van der Waals surface area contributed by atoms with Gasteiger partial charge >= 0.3 is 5.97 Å². The topological polar surface area (TPSA) is 140 Å². The normalized spacial score (nSPS) is 11.0. The zero-order valence-electron chi connectivity index (χ0n) is 14.7. The van der Waals surface area contributed by atoms with Crippen molar-refractivity contribution in [1.29, 1.82) is 0 Å². The van der Waals surface area contributed by atoms with Crippen molar-refractivity contribution in [3.8, 4) is 11.5 Å². The first-order valence-corrected chi connectivity index (χ1v) is 9.14. The minimum Gasteiger partial charge on any atom is -0.493 e. The Morgan fingerprint density at radius 2 is 1.85 bits per heavy atom. The summed E-state index contributed by atoms with van der Waals surface area (Å²) in [4.78, 5) is 23.2. The van der Waals surface area contributed by atoms with E-state index in [1.54, 1.807) is 0 Å². The molecule has 0 saturated heterocycles. The Morgan fingerprint density at radius 1 is 1.15 bits per heavy atom. The molecule has 0 unspecified atom stereocenters. The van der Waals surface area contributed by atoms with Gasteiger partial charge in [-0.15, -0.1) is 0 Å². The number of amides is 1. The number of hydrogen-bond donors (Lipinski definition) is 3. The van der Waals surface area contributed by atoms with Crippen LogP contribution in [0, 0.1) is 0 Å². The minimum atomic E-state index is -3.63. The van der Waals surface area contributed by atoms with Gasteiger partial charge in [0.15, 0.2) is 11.5 Å². The number of methoxy groups -OCH3 is 3. The molecule has 0 bridgehead atoms. The second-order valence-electron chi connectivity index (χ2n) is 5.10. The van der Waals surface area contributed by atoms with Crippen LogP contribution in [0.1, 0.15) is 16.8 Å². The van der Waals surface area contributed by atoms with Crippen LogP contribution in [0.2, 0.25) is 0 Å². The van der Waals surface area contributed by atoms with Crippen molar-refractivity contribution in [1.82, 2.24) is 4.72 Å². The maximum atomic E-state index is 12.0. The molecule has 3 N–H and O–H groups in total. The summed E-state index contributed by atoms with van der Waals surface area (Å²) in [6.07, 6.45) is 0.291. The molecule has 1 amide bonds. The third kappa shape index (κ3) is 6.50. The van der Waals surface area contributed by atoms with Crippen LogP contribution in [0.5, 0.6) is 11.5 Å². The van der Waals surface area contributed by atoms with E-state index in [1.807, 2.05) is 0 Å². The summed E-state index contributed by atoms with van der Waals surface area (Å²) in [5.41, 5.74) is -0.0778. The molecule has 1 aromatic rings. The largest absolute Gasteiger partial charge is 0.493 e. The smallest absolute Gasteiger partial charge is 0.335 e. The van der Waals surface area contributed by atoms with Crippen molar-refractivity contribution >= 4 is 27.6 Å². The molecule has 0 fully saturated rings. The number of carbonyl (C=O) groups is 2. The van der Waals surface area contributed by atoms with E-state index >= 15 is 0 Å². The Labute approximate surface area is 151 Å². The summed E-state index contributed by atoms with van der Waals surface area (Å²) in [5.74, 6) is -1.86. The molecule has 26 heavy (non-hydrogen) atoms. The Morgan fingerprint density at radius 3 is 2.38 bits per heavy atom. The van der Waals surface area contributed by atoms with E-state index < -0.39 is 28.4 Å². The SMILES string of the molecule is COCCCS(=O)(=O)NCC(=O)Nc1cc(C(=O)O)cc(OC)c1OC. The molecule has 11 heteroatoms. The molecule has 0 aromatic heterocycles. The summed E-state index contributed by atoms with van der Waals surface area (Å²) >= 11 is 0. The Balaban J connectivity index is 2.85. The summed E-state index contributed by atoms with van der Waals surface area (Å²) in [6, 6.07) is 2.43. The van der Waals surface area contributed by atoms with Gasteiger partial charge in [0.1, 0.15) is 0 Å². The zero-order chi connectivity index (χ0) is 19.7. The number of benzene rings is 1. The number of carboxylic acids is 1. The van der Waals surface area contributed by atoms with E-state index in [0.29, 0.717) is 6.42 Å². The van der Waals surface area contributed by atoms with Crippen LogP contribution in [0.4, 0.5) is 5.69 Å². The molecular weight excluding hydrogens is 368 g/mol. The lowest BCUT2D eigenvalue weighted by Crippen LogP contribution is -2.34. The van der Waals surface area contributed by atoms with Gasteiger partial charge in [0.05, 0.1) is 37.8 Å². The van der Waals surface area contributed by atoms with Crippen LogP contribution in [0.3, 0.4) is 0 Å². The second-order valence-corrected chi connectivity index (χ2v) is 7.03. The van der Waals surface area contributed by atoms with Crippen molar-refractivity contribution in [2.24, 2.45) is 0 Å². The van der Waals surface area contributed by atoms with Crippen LogP contribution in [0.15, 0.2) is 12.1 Å². The molecule has 0 aliphatic rings. The van der Waals surface area contributed by atoms with E-state index in [4.69, 9.17) is 19.3 Å². The molecule has 0 saturated carbocycles. The van der Waals surface area contributed by atoms with E-state index in [2.05, 4.69) is 10.0 Å². The van der Waals surface area contributed by atoms with Gasteiger partial charge in [0.25, 0.3) is 0 Å². The molecule has 146 valence electrons. The Kier molecular flexibility index (Phi) is 8.29. The molecule has 0 atom stereocenters. The monoisotopic (exact) mass is 390 g/mol. The highest BCUT2D eigenvalue weighted by Crippen LogP contribution is 2.36. The van der Waals surface area contributed by atoms with Crippen LogP contribution < -0.4 is 19.5 Å². The van der Waals surface area contributed by atoms with Crippen molar-refractivity contribution < 1.29 is 37.3 Å². The molecule has 0 spiro atoms. The average Bonchev–Trinajstić information content (AvgIpc) is 2.59. The summed E-state index contributed by atoms with van der Waals surface area (Å²) in [6.45, 7) is -0.232. The van der Waals surface area contributed by atoms with Crippen molar-refractivity contribution in [3.05, 3.63) is 17.7 Å². The third-order valence-electron chi connectivity index (χ3n) is 3.21. The Hall–Kier alpha value is -2.37. The zero-order valence-corrected chi connectivity index (χ0v) is 15.5. The van der Waals surface area contributed by atoms with Gasteiger partial charge in [0, 0.05) is 13.7 Å². The lowest BCUT2D eigenvalue weighted by atomic mass is 10.1. The van der Waals surface area contributed by atoms with Crippen LogP contribution in [0.25, 0.3) is 0 Å². The second kappa shape index (κ2) is 9.94. The maximum Gasteiger partial charge on any atom is 0.335 e. The third-order valence-corrected chi connectivity index (χ3v) is 4.62. The van der Waals surface area contributed by atoms with Crippen molar-refractivity contribution in [2.75, 3.05) is 45.6 Å². The van der Waals surface area contributed by atoms with E-state index in [-0.39, 0.29) is 35.1 Å². The number of carboxylic acid groups (broad SMARTS) is 1. The number of anilines is 1. The fourth-order valence-electron chi connectivity index (χ4n) is 2.02. The van der Waals surface area contributed by atoms with Gasteiger partial charge in [-0.25, -0.2) is 17.9 Å². The van der Waals surface area contributed by atoms with Crippen LogP contribution in [-0.2, 0) is 19.6 Å². The number of sulfonamides is 1. The predicted molar refractivity (Wildman–Crippen MR) is 93.4 cm³/mol. The Bertz CT molecular complexity index is 748. The minimum absolute atomic E-state index is 0.0489. The van der Waals surface area contributed by atoms with Gasteiger partial charge in [0.2, 0.25) is 15.9 Å². The molecule has 1 rings (SSSR count). The van der Waals surface area contributed by atoms with Gasteiger partial charge in [-0.05, 0) is 18.6 Å². The fraction of sp³-hybridized carbons (Fsp3) is 0.467. The summed E-state index contributed by atoms with van der Waals surface area (Å²) in [5, 5.41) is 11.5. The quantitative estimate of drug-likeness (QED) is 0.458. The first kappa shape index (κ1) is 21.7. The van der Waals surface area contributed by atoms with Gasteiger partial charge < -0.3 is 24.6 Å². The molecular formula is C15H22N2O8S. The highest BCUT2D eigenvalue weighted by molar-refractivity contribution is 7.89. The molecule has 1 aromatic carbocycles. The number of carbonyl (C=O) groups excluding carboxylic acids is 1. The number of aromatic carboxylic acids is 1. The maximum absolute atomic E-state index is 12.0. The first-order valence-electron chi connectivity index (χ1n) is 7.49. The van der Waals surface area contributed by atoms with Gasteiger partial charge in [-0.3, -0.25) is 4.79 Å².